The normalized spacial score (nSPS) is 26.5. The molecule has 0 radical (unpaired) electrons. The van der Waals surface area contributed by atoms with Crippen molar-refractivity contribution in [2.75, 3.05) is 13.6 Å². The highest BCUT2D eigenvalue weighted by Crippen LogP contribution is 2.38. The van der Waals surface area contributed by atoms with Crippen molar-refractivity contribution in [1.82, 2.24) is 9.88 Å². The van der Waals surface area contributed by atoms with Crippen LogP contribution < -0.4 is 5.73 Å². The van der Waals surface area contributed by atoms with Crippen LogP contribution in [0.3, 0.4) is 0 Å². The van der Waals surface area contributed by atoms with Crippen molar-refractivity contribution >= 4 is 0 Å². The van der Waals surface area contributed by atoms with E-state index in [1.165, 1.54) is 32.1 Å². The Balaban J connectivity index is 2.05. The second-order valence-corrected chi connectivity index (χ2v) is 7.20. The zero-order valence-electron chi connectivity index (χ0n) is 13.9. The first-order valence-electron chi connectivity index (χ1n) is 8.37. The predicted octanol–water partition coefficient (Wildman–Crippen LogP) is 3.45. The van der Waals surface area contributed by atoms with Crippen LogP contribution in [0.4, 0.5) is 0 Å². The molecule has 0 spiro atoms. The van der Waals surface area contributed by atoms with Crippen LogP contribution in [0, 0.1) is 11.8 Å². The smallest absolute Gasteiger partial charge is 0.0544 e. The van der Waals surface area contributed by atoms with Crippen molar-refractivity contribution < 1.29 is 0 Å². The molecule has 1 aliphatic rings. The lowest BCUT2D eigenvalue weighted by molar-refractivity contribution is 0.0453. The highest BCUT2D eigenvalue weighted by Gasteiger charge is 2.38. The quantitative estimate of drug-likeness (QED) is 0.872. The Labute approximate surface area is 129 Å². The third kappa shape index (κ3) is 4.27. The van der Waals surface area contributed by atoms with Crippen LogP contribution in [0.15, 0.2) is 24.4 Å². The first-order chi connectivity index (χ1) is 10.1. The summed E-state index contributed by atoms with van der Waals surface area (Å²) >= 11 is 0. The monoisotopic (exact) mass is 289 g/mol. The van der Waals surface area contributed by atoms with Gasteiger partial charge >= 0.3 is 0 Å². The molecule has 2 N–H and O–H groups in total. The maximum atomic E-state index is 6.22. The summed E-state index contributed by atoms with van der Waals surface area (Å²) in [4.78, 5) is 6.92. The number of rotatable bonds is 6. The van der Waals surface area contributed by atoms with Gasteiger partial charge in [0.1, 0.15) is 0 Å². The molecular weight excluding hydrogens is 258 g/mol. The van der Waals surface area contributed by atoms with E-state index in [0.717, 1.165) is 30.6 Å². The molecule has 2 rings (SSSR count). The molecule has 1 saturated carbocycles. The molecule has 1 aliphatic carbocycles. The summed E-state index contributed by atoms with van der Waals surface area (Å²) in [7, 11) is 2.22. The van der Waals surface area contributed by atoms with Crippen LogP contribution >= 0.6 is 0 Å². The minimum absolute atomic E-state index is 0.162. The summed E-state index contributed by atoms with van der Waals surface area (Å²) in [6.45, 7) is 6.31. The third-order valence-corrected chi connectivity index (χ3v) is 5.04. The summed E-state index contributed by atoms with van der Waals surface area (Å²) in [5.74, 6) is 1.61. The lowest BCUT2D eigenvalue weighted by atomic mass is 9.72. The predicted molar refractivity (Wildman–Crippen MR) is 88.9 cm³/mol. The van der Waals surface area contributed by atoms with E-state index in [4.69, 9.17) is 5.73 Å². The summed E-state index contributed by atoms with van der Waals surface area (Å²) in [5.41, 5.74) is 7.52. The van der Waals surface area contributed by atoms with Crippen LogP contribution in [0.25, 0.3) is 0 Å². The Kier molecular flexibility index (Phi) is 5.77. The van der Waals surface area contributed by atoms with Gasteiger partial charge in [0.05, 0.1) is 5.69 Å². The first kappa shape index (κ1) is 16.4. The van der Waals surface area contributed by atoms with Crippen molar-refractivity contribution in [2.24, 2.45) is 17.6 Å². The molecule has 21 heavy (non-hydrogen) atoms. The highest BCUT2D eigenvalue weighted by molar-refractivity contribution is 5.05. The maximum absolute atomic E-state index is 6.22. The summed E-state index contributed by atoms with van der Waals surface area (Å²) in [6.07, 6.45) is 8.35. The molecule has 0 aliphatic heterocycles. The fourth-order valence-corrected chi connectivity index (χ4v) is 3.92. The number of pyridine rings is 1. The minimum atomic E-state index is 0.162. The lowest BCUT2D eigenvalue weighted by Crippen LogP contribution is -2.54. The van der Waals surface area contributed by atoms with E-state index in [0.29, 0.717) is 0 Å². The Bertz CT molecular complexity index is 418. The van der Waals surface area contributed by atoms with E-state index in [9.17, 15) is 0 Å². The molecule has 1 heterocycles. The van der Waals surface area contributed by atoms with Gasteiger partial charge in [0, 0.05) is 24.8 Å². The Hall–Kier alpha value is -0.930. The largest absolute Gasteiger partial charge is 0.329 e. The van der Waals surface area contributed by atoms with Gasteiger partial charge in [0.2, 0.25) is 0 Å². The van der Waals surface area contributed by atoms with Crippen LogP contribution in [-0.2, 0) is 6.54 Å². The molecule has 3 heteroatoms. The van der Waals surface area contributed by atoms with Gasteiger partial charge in [-0.1, -0.05) is 32.8 Å². The van der Waals surface area contributed by atoms with Crippen LogP contribution in [0.2, 0.25) is 0 Å². The van der Waals surface area contributed by atoms with Gasteiger partial charge in [-0.2, -0.15) is 0 Å². The molecule has 118 valence electrons. The molecule has 2 atom stereocenters. The van der Waals surface area contributed by atoms with Gasteiger partial charge in [-0.25, -0.2) is 0 Å². The molecule has 0 amide bonds. The second-order valence-electron chi connectivity index (χ2n) is 7.20. The Morgan fingerprint density at radius 1 is 1.43 bits per heavy atom. The zero-order chi connectivity index (χ0) is 15.3. The van der Waals surface area contributed by atoms with Gasteiger partial charge < -0.3 is 5.73 Å². The molecular formula is C18H31N3. The van der Waals surface area contributed by atoms with Gasteiger partial charge in [-0.05, 0) is 50.3 Å². The SMILES string of the molecule is CC(C)CC1CCCC(CN)(N(C)Cc2ccccn2)C1. The molecule has 2 unspecified atom stereocenters. The van der Waals surface area contributed by atoms with Gasteiger partial charge in [0.15, 0.2) is 0 Å². The molecule has 1 aromatic rings. The minimum Gasteiger partial charge on any atom is -0.329 e. The number of hydrogen-bond acceptors (Lipinski definition) is 3. The van der Waals surface area contributed by atoms with Gasteiger partial charge in [0.25, 0.3) is 0 Å². The molecule has 1 aromatic heterocycles. The number of nitrogens with zero attached hydrogens (tertiary/aromatic N) is 2. The Morgan fingerprint density at radius 3 is 2.86 bits per heavy atom. The Morgan fingerprint density at radius 2 is 2.24 bits per heavy atom. The van der Waals surface area contributed by atoms with E-state index in [1.807, 2.05) is 12.3 Å². The van der Waals surface area contributed by atoms with Crippen molar-refractivity contribution in [2.45, 2.75) is 58.0 Å². The number of likely N-dealkylation sites (N-methyl/N-ethyl adjacent to an activating group) is 1. The fourth-order valence-electron chi connectivity index (χ4n) is 3.92. The first-order valence-corrected chi connectivity index (χ1v) is 8.37. The third-order valence-electron chi connectivity index (χ3n) is 5.04. The lowest BCUT2D eigenvalue weighted by Gasteiger charge is -2.47. The maximum Gasteiger partial charge on any atom is 0.0544 e. The number of hydrogen-bond donors (Lipinski definition) is 1. The van der Waals surface area contributed by atoms with E-state index < -0.39 is 0 Å². The van der Waals surface area contributed by atoms with Crippen molar-refractivity contribution in [3.05, 3.63) is 30.1 Å². The van der Waals surface area contributed by atoms with Crippen LogP contribution in [0.1, 0.15) is 51.6 Å². The van der Waals surface area contributed by atoms with Gasteiger partial charge in [-0.3, -0.25) is 9.88 Å². The average Bonchev–Trinajstić information content (AvgIpc) is 2.47. The summed E-state index contributed by atoms with van der Waals surface area (Å²) < 4.78 is 0. The standard InChI is InChI=1S/C18H31N3/c1-15(2)11-16-7-6-9-18(12-16,14-19)21(3)13-17-8-4-5-10-20-17/h4-5,8,10,15-16H,6-7,9,11-14,19H2,1-3H3. The molecule has 1 fully saturated rings. The average molecular weight is 289 g/mol. The van der Waals surface area contributed by atoms with E-state index in [1.54, 1.807) is 0 Å². The molecule has 0 saturated heterocycles. The summed E-state index contributed by atoms with van der Waals surface area (Å²) in [6, 6.07) is 6.14. The molecule has 0 bridgehead atoms. The molecule has 0 aromatic carbocycles. The van der Waals surface area contributed by atoms with E-state index in [-0.39, 0.29) is 5.54 Å². The van der Waals surface area contributed by atoms with E-state index in [2.05, 4.69) is 42.9 Å². The van der Waals surface area contributed by atoms with E-state index >= 15 is 0 Å². The number of aromatic nitrogens is 1. The van der Waals surface area contributed by atoms with Crippen molar-refractivity contribution in [1.29, 1.82) is 0 Å². The van der Waals surface area contributed by atoms with Gasteiger partial charge in [-0.15, -0.1) is 0 Å². The van der Waals surface area contributed by atoms with Crippen molar-refractivity contribution in [3.8, 4) is 0 Å². The summed E-state index contributed by atoms with van der Waals surface area (Å²) in [5, 5.41) is 0. The topological polar surface area (TPSA) is 42.1 Å². The highest BCUT2D eigenvalue weighted by atomic mass is 15.2. The second kappa shape index (κ2) is 7.37. The number of nitrogens with two attached hydrogens (primary N) is 1. The zero-order valence-corrected chi connectivity index (χ0v) is 13.9. The fraction of sp³-hybridized carbons (Fsp3) is 0.722. The van der Waals surface area contributed by atoms with Crippen LogP contribution in [0.5, 0.6) is 0 Å². The molecule has 3 nitrogen and oxygen atoms in total. The van der Waals surface area contributed by atoms with Crippen LogP contribution in [-0.4, -0.2) is 29.0 Å². The van der Waals surface area contributed by atoms with Crippen molar-refractivity contribution in [3.63, 3.8) is 0 Å².